The van der Waals surface area contributed by atoms with Crippen molar-refractivity contribution in [3.8, 4) is 11.4 Å². The number of aromatic nitrogens is 4. The van der Waals surface area contributed by atoms with E-state index in [-0.39, 0.29) is 19.0 Å². The van der Waals surface area contributed by atoms with Crippen molar-refractivity contribution in [3.63, 3.8) is 0 Å². The van der Waals surface area contributed by atoms with E-state index in [0.717, 1.165) is 25.0 Å². The van der Waals surface area contributed by atoms with E-state index in [9.17, 15) is 12.8 Å². The summed E-state index contributed by atoms with van der Waals surface area (Å²) in [5.41, 5.74) is 0.360. The van der Waals surface area contributed by atoms with Gasteiger partial charge in [0, 0.05) is 12.1 Å². The molecule has 1 aliphatic carbocycles. The first kappa shape index (κ1) is 18.9. The summed E-state index contributed by atoms with van der Waals surface area (Å²) >= 11 is 0. The smallest absolute Gasteiger partial charge is 0.243 e. The van der Waals surface area contributed by atoms with Crippen molar-refractivity contribution in [2.45, 2.75) is 43.5 Å². The predicted octanol–water partition coefficient (Wildman–Crippen LogP) is 1.33. The van der Waals surface area contributed by atoms with Crippen molar-refractivity contribution in [1.29, 1.82) is 0 Å². The standard InChI is InChI=1S/C16H22FN5O3S/c17-14-10-13(6-7-15(14)26(24,25)18-8-9-23)16-19-21-22(20-16)11-12-4-2-1-3-5-12/h6-7,10,12,18,23H,1-5,8-9,11H2. The molecule has 142 valence electrons. The number of benzene rings is 1. The summed E-state index contributed by atoms with van der Waals surface area (Å²) in [6.45, 7) is 0.139. The average Bonchev–Trinajstić information content (AvgIpc) is 3.09. The molecule has 1 saturated carbocycles. The Balaban J connectivity index is 1.75. The van der Waals surface area contributed by atoms with Gasteiger partial charge in [-0.3, -0.25) is 0 Å². The van der Waals surface area contributed by atoms with Gasteiger partial charge in [0.15, 0.2) is 0 Å². The number of rotatable bonds is 7. The van der Waals surface area contributed by atoms with Crippen molar-refractivity contribution < 1.29 is 17.9 Å². The van der Waals surface area contributed by atoms with Crippen molar-refractivity contribution in [3.05, 3.63) is 24.0 Å². The normalized spacial score (nSPS) is 16.1. The second kappa shape index (κ2) is 8.19. The van der Waals surface area contributed by atoms with E-state index in [4.69, 9.17) is 5.11 Å². The van der Waals surface area contributed by atoms with Gasteiger partial charge in [0.05, 0.1) is 13.2 Å². The third-order valence-corrected chi connectivity index (χ3v) is 5.98. The third kappa shape index (κ3) is 4.43. The number of hydrogen-bond donors (Lipinski definition) is 2. The summed E-state index contributed by atoms with van der Waals surface area (Å²) in [6.07, 6.45) is 6.02. The summed E-state index contributed by atoms with van der Waals surface area (Å²) in [7, 11) is -4.01. The Morgan fingerprint density at radius 1 is 1.27 bits per heavy atom. The van der Waals surface area contributed by atoms with Crippen LogP contribution < -0.4 is 4.72 Å². The number of halogens is 1. The first-order valence-corrected chi connectivity index (χ1v) is 10.2. The molecule has 0 radical (unpaired) electrons. The molecular weight excluding hydrogens is 361 g/mol. The monoisotopic (exact) mass is 383 g/mol. The van der Waals surface area contributed by atoms with Crippen LogP contribution in [0.5, 0.6) is 0 Å². The van der Waals surface area contributed by atoms with Crippen molar-refractivity contribution >= 4 is 10.0 Å². The van der Waals surface area contributed by atoms with Gasteiger partial charge in [-0.05, 0) is 42.2 Å². The molecule has 0 spiro atoms. The summed E-state index contributed by atoms with van der Waals surface area (Å²) in [4.78, 5) is 1.04. The fraction of sp³-hybridized carbons (Fsp3) is 0.562. The Kier molecular flexibility index (Phi) is 5.94. The predicted molar refractivity (Wildman–Crippen MR) is 92.1 cm³/mol. The molecule has 1 aromatic heterocycles. The maximum Gasteiger partial charge on any atom is 0.243 e. The lowest BCUT2D eigenvalue weighted by Gasteiger charge is -2.20. The van der Waals surface area contributed by atoms with E-state index in [1.165, 1.54) is 30.1 Å². The molecule has 2 aromatic rings. The number of aliphatic hydroxyl groups is 1. The van der Waals surface area contributed by atoms with Crippen LogP contribution in [0.2, 0.25) is 0 Å². The Morgan fingerprint density at radius 3 is 2.73 bits per heavy atom. The molecule has 0 saturated heterocycles. The summed E-state index contributed by atoms with van der Waals surface area (Å²) in [5, 5.41) is 21.0. The lowest BCUT2D eigenvalue weighted by atomic mass is 9.89. The van der Waals surface area contributed by atoms with Gasteiger partial charge in [0.25, 0.3) is 0 Å². The molecule has 10 heteroatoms. The molecule has 3 rings (SSSR count). The maximum absolute atomic E-state index is 14.3. The molecule has 1 aliphatic rings. The highest BCUT2D eigenvalue weighted by Gasteiger charge is 2.20. The van der Waals surface area contributed by atoms with Gasteiger partial charge < -0.3 is 5.11 Å². The highest BCUT2D eigenvalue weighted by Crippen LogP contribution is 2.25. The fourth-order valence-corrected chi connectivity index (χ4v) is 4.23. The van der Waals surface area contributed by atoms with Crippen LogP contribution in [0.3, 0.4) is 0 Å². The van der Waals surface area contributed by atoms with Crippen LogP contribution in [0.1, 0.15) is 32.1 Å². The zero-order chi connectivity index (χ0) is 18.6. The molecule has 0 aliphatic heterocycles. The zero-order valence-electron chi connectivity index (χ0n) is 14.3. The van der Waals surface area contributed by atoms with Gasteiger partial charge in [-0.15, -0.1) is 10.2 Å². The van der Waals surface area contributed by atoms with Crippen LogP contribution in [0, 0.1) is 11.7 Å². The first-order chi connectivity index (χ1) is 12.5. The molecule has 1 heterocycles. The molecule has 1 aromatic carbocycles. The Labute approximate surface area is 151 Å². The van der Waals surface area contributed by atoms with E-state index in [1.54, 1.807) is 0 Å². The molecule has 0 unspecified atom stereocenters. The Bertz CT molecular complexity index is 849. The minimum absolute atomic E-state index is 0.180. The fourth-order valence-electron chi connectivity index (χ4n) is 3.15. The highest BCUT2D eigenvalue weighted by molar-refractivity contribution is 7.89. The van der Waals surface area contributed by atoms with E-state index in [2.05, 4.69) is 20.1 Å². The molecule has 2 N–H and O–H groups in total. The second-order valence-electron chi connectivity index (χ2n) is 6.44. The number of tetrazole rings is 1. The lowest BCUT2D eigenvalue weighted by Crippen LogP contribution is -2.27. The van der Waals surface area contributed by atoms with Crippen molar-refractivity contribution in [2.75, 3.05) is 13.2 Å². The van der Waals surface area contributed by atoms with Crippen LogP contribution >= 0.6 is 0 Å². The van der Waals surface area contributed by atoms with Crippen LogP contribution in [0.15, 0.2) is 23.1 Å². The number of aliphatic hydroxyl groups excluding tert-OH is 1. The molecule has 0 bridgehead atoms. The zero-order valence-corrected chi connectivity index (χ0v) is 15.1. The third-order valence-electron chi connectivity index (χ3n) is 4.48. The van der Waals surface area contributed by atoms with Crippen molar-refractivity contribution in [1.82, 2.24) is 24.9 Å². The lowest BCUT2D eigenvalue weighted by molar-refractivity contribution is 0.291. The van der Waals surface area contributed by atoms with Gasteiger partial charge in [-0.25, -0.2) is 17.5 Å². The van der Waals surface area contributed by atoms with Gasteiger partial charge in [-0.1, -0.05) is 19.3 Å². The molecule has 8 nitrogen and oxygen atoms in total. The number of nitrogens with zero attached hydrogens (tertiary/aromatic N) is 4. The van der Waals surface area contributed by atoms with Gasteiger partial charge in [0.1, 0.15) is 10.7 Å². The van der Waals surface area contributed by atoms with Crippen molar-refractivity contribution in [2.24, 2.45) is 5.92 Å². The summed E-state index contributed by atoms with van der Waals surface area (Å²) < 4.78 is 40.3. The molecular formula is C16H22FN5O3S. The second-order valence-corrected chi connectivity index (χ2v) is 8.17. The van der Waals surface area contributed by atoms with E-state index in [1.807, 2.05) is 0 Å². The maximum atomic E-state index is 14.3. The summed E-state index contributed by atoms with van der Waals surface area (Å²) in [5.74, 6) is -0.115. The van der Waals surface area contributed by atoms with Crippen LogP contribution in [-0.4, -0.2) is 46.9 Å². The summed E-state index contributed by atoms with van der Waals surface area (Å²) in [6, 6.07) is 3.68. The Morgan fingerprint density at radius 2 is 2.04 bits per heavy atom. The van der Waals surface area contributed by atoms with E-state index >= 15 is 0 Å². The number of nitrogens with one attached hydrogen (secondary N) is 1. The van der Waals surface area contributed by atoms with Crippen LogP contribution in [0.25, 0.3) is 11.4 Å². The van der Waals surface area contributed by atoms with Crippen LogP contribution in [0.4, 0.5) is 4.39 Å². The molecule has 1 fully saturated rings. The Hall–Kier alpha value is -1.91. The molecule has 26 heavy (non-hydrogen) atoms. The average molecular weight is 383 g/mol. The van der Waals surface area contributed by atoms with Crippen LogP contribution in [-0.2, 0) is 16.6 Å². The largest absolute Gasteiger partial charge is 0.395 e. The SMILES string of the molecule is O=S(=O)(NCCO)c1ccc(-c2nnn(CC3CCCCC3)n2)cc1F. The van der Waals surface area contributed by atoms with Gasteiger partial charge in [-0.2, -0.15) is 4.80 Å². The minimum atomic E-state index is -4.01. The van der Waals surface area contributed by atoms with E-state index < -0.39 is 20.7 Å². The van der Waals surface area contributed by atoms with Gasteiger partial charge in [0.2, 0.25) is 15.8 Å². The van der Waals surface area contributed by atoms with E-state index in [0.29, 0.717) is 18.0 Å². The highest BCUT2D eigenvalue weighted by atomic mass is 32.2. The topological polar surface area (TPSA) is 110 Å². The first-order valence-electron chi connectivity index (χ1n) is 8.68. The molecule has 0 atom stereocenters. The van der Waals surface area contributed by atoms with Gasteiger partial charge >= 0.3 is 0 Å². The molecule has 0 amide bonds. The number of hydrogen-bond acceptors (Lipinski definition) is 6. The minimum Gasteiger partial charge on any atom is -0.395 e. The quantitative estimate of drug-likeness (QED) is 0.746. The number of sulfonamides is 1.